The van der Waals surface area contributed by atoms with Gasteiger partial charge < -0.3 is 5.73 Å². The number of nitrogens with two attached hydrogens (primary N) is 1. The van der Waals surface area contributed by atoms with E-state index in [-0.39, 0.29) is 5.82 Å². The molecule has 78 valence electrons. The van der Waals surface area contributed by atoms with Gasteiger partial charge in [-0.15, -0.1) is 0 Å². The molecule has 0 bridgehead atoms. The molecule has 15 heavy (non-hydrogen) atoms. The molecule has 3 nitrogen and oxygen atoms in total. The van der Waals surface area contributed by atoms with Gasteiger partial charge in [-0.05, 0) is 19.1 Å². The summed E-state index contributed by atoms with van der Waals surface area (Å²) in [6, 6.07) is 4.94. The number of hydrogen-bond donors (Lipinski definition) is 1. The second-order valence-corrected chi connectivity index (χ2v) is 3.58. The second kappa shape index (κ2) is 3.38. The molecule has 0 aliphatic carbocycles. The van der Waals surface area contributed by atoms with E-state index in [1.54, 1.807) is 30.1 Å². The molecule has 2 N–H and O–H groups in total. The van der Waals surface area contributed by atoms with Crippen LogP contribution in [0.25, 0.3) is 11.1 Å². The maximum atomic E-state index is 13.6. The minimum atomic E-state index is -0.277. The predicted molar refractivity (Wildman–Crippen MR) is 57.8 cm³/mol. The molecule has 0 fully saturated rings. The number of halogens is 1. The first-order chi connectivity index (χ1) is 7.08. The van der Waals surface area contributed by atoms with Crippen LogP contribution < -0.4 is 5.73 Å². The zero-order chi connectivity index (χ0) is 11.0. The highest BCUT2D eigenvalue weighted by molar-refractivity contribution is 5.74. The molecular weight excluding hydrogens is 193 g/mol. The SMILES string of the molecule is Cc1ccc(F)c(-c2cn(C)nc2N)c1. The smallest absolute Gasteiger partial charge is 0.153 e. The molecule has 0 spiro atoms. The Bertz CT molecular complexity index is 503. The Balaban J connectivity index is 2.62. The van der Waals surface area contributed by atoms with Gasteiger partial charge >= 0.3 is 0 Å². The minimum Gasteiger partial charge on any atom is -0.382 e. The molecule has 4 heteroatoms. The lowest BCUT2D eigenvalue weighted by Gasteiger charge is -2.02. The molecular formula is C11H12FN3. The molecule has 2 rings (SSSR count). The molecule has 0 aliphatic rings. The van der Waals surface area contributed by atoms with Crippen LogP contribution in [0.15, 0.2) is 24.4 Å². The van der Waals surface area contributed by atoms with Crippen LogP contribution in [0.5, 0.6) is 0 Å². The summed E-state index contributed by atoms with van der Waals surface area (Å²) in [5, 5.41) is 3.99. The lowest BCUT2D eigenvalue weighted by molar-refractivity contribution is 0.631. The van der Waals surface area contributed by atoms with Crippen LogP contribution in [-0.4, -0.2) is 9.78 Å². The van der Waals surface area contributed by atoms with Crippen LogP contribution in [0.2, 0.25) is 0 Å². The normalized spacial score (nSPS) is 10.6. The van der Waals surface area contributed by atoms with Crippen LogP contribution in [-0.2, 0) is 7.05 Å². The Morgan fingerprint density at radius 2 is 2.07 bits per heavy atom. The average Bonchev–Trinajstić information content (AvgIpc) is 2.50. The summed E-state index contributed by atoms with van der Waals surface area (Å²) in [5.41, 5.74) is 7.83. The lowest BCUT2D eigenvalue weighted by Crippen LogP contribution is -1.91. The fourth-order valence-electron chi connectivity index (χ4n) is 1.56. The number of aryl methyl sites for hydroxylation is 2. The number of nitrogens with zero attached hydrogens (tertiary/aromatic N) is 2. The molecule has 0 saturated heterocycles. The molecule has 0 amide bonds. The van der Waals surface area contributed by atoms with Crippen LogP contribution in [0.3, 0.4) is 0 Å². The van der Waals surface area contributed by atoms with Crippen LogP contribution in [0.4, 0.5) is 10.2 Å². The van der Waals surface area contributed by atoms with E-state index in [1.165, 1.54) is 6.07 Å². The van der Waals surface area contributed by atoms with Gasteiger partial charge in [0.15, 0.2) is 5.82 Å². The summed E-state index contributed by atoms with van der Waals surface area (Å²) in [6.45, 7) is 1.91. The van der Waals surface area contributed by atoms with Gasteiger partial charge in [0.1, 0.15) is 5.82 Å². The topological polar surface area (TPSA) is 43.8 Å². The van der Waals surface area contributed by atoms with Gasteiger partial charge in [0.25, 0.3) is 0 Å². The van der Waals surface area contributed by atoms with E-state index in [2.05, 4.69) is 5.10 Å². The highest BCUT2D eigenvalue weighted by Gasteiger charge is 2.11. The number of aromatic nitrogens is 2. The maximum Gasteiger partial charge on any atom is 0.153 e. The van der Waals surface area contributed by atoms with Gasteiger partial charge in [-0.2, -0.15) is 5.10 Å². The van der Waals surface area contributed by atoms with Crippen LogP contribution >= 0.6 is 0 Å². The minimum absolute atomic E-state index is 0.277. The maximum absolute atomic E-state index is 13.6. The Morgan fingerprint density at radius 3 is 2.67 bits per heavy atom. The van der Waals surface area contributed by atoms with E-state index in [4.69, 9.17) is 5.73 Å². The number of anilines is 1. The molecule has 1 aromatic heterocycles. The Morgan fingerprint density at radius 1 is 1.33 bits per heavy atom. The van der Waals surface area contributed by atoms with Crippen molar-refractivity contribution in [1.29, 1.82) is 0 Å². The first kappa shape index (κ1) is 9.71. The second-order valence-electron chi connectivity index (χ2n) is 3.58. The summed E-state index contributed by atoms with van der Waals surface area (Å²) < 4.78 is 15.1. The van der Waals surface area contributed by atoms with Crippen molar-refractivity contribution in [1.82, 2.24) is 9.78 Å². The van der Waals surface area contributed by atoms with E-state index in [0.717, 1.165) is 5.56 Å². The monoisotopic (exact) mass is 205 g/mol. The van der Waals surface area contributed by atoms with Gasteiger partial charge in [-0.1, -0.05) is 11.6 Å². The van der Waals surface area contributed by atoms with Crippen molar-refractivity contribution < 1.29 is 4.39 Å². The zero-order valence-corrected chi connectivity index (χ0v) is 8.66. The Hall–Kier alpha value is -1.84. The van der Waals surface area contributed by atoms with Crippen molar-refractivity contribution in [3.8, 4) is 11.1 Å². The van der Waals surface area contributed by atoms with E-state index in [9.17, 15) is 4.39 Å². The lowest BCUT2D eigenvalue weighted by atomic mass is 10.1. The summed E-state index contributed by atoms with van der Waals surface area (Å²) in [7, 11) is 1.76. The van der Waals surface area contributed by atoms with Gasteiger partial charge in [0.05, 0.1) is 0 Å². The number of nitrogen functional groups attached to an aromatic ring is 1. The van der Waals surface area contributed by atoms with Gasteiger partial charge in [0, 0.05) is 24.4 Å². The van der Waals surface area contributed by atoms with E-state index >= 15 is 0 Å². The van der Waals surface area contributed by atoms with Crippen molar-refractivity contribution in [2.24, 2.45) is 7.05 Å². The summed E-state index contributed by atoms with van der Waals surface area (Å²) in [4.78, 5) is 0. The molecule has 0 saturated carbocycles. The van der Waals surface area contributed by atoms with E-state index in [0.29, 0.717) is 16.9 Å². The Kier molecular flexibility index (Phi) is 2.19. The Labute approximate surface area is 87.3 Å². The van der Waals surface area contributed by atoms with Crippen molar-refractivity contribution in [3.63, 3.8) is 0 Å². The van der Waals surface area contributed by atoms with Crippen LogP contribution in [0.1, 0.15) is 5.56 Å². The van der Waals surface area contributed by atoms with Crippen molar-refractivity contribution in [3.05, 3.63) is 35.8 Å². The summed E-state index contributed by atoms with van der Waals surface area (Å²) in [5.74, 6) is 0.0716. The largest absolute Gasteiger partial charge is 0.382 e. The van der Waals surface area contributed by atoms with Gasteiger partial charge in [0.2, 0.25) is 0 Å². The third-order valence-electron chi connectivity index (χ3n) is 2.27. The number of hydrogen-bond acceptors (Lipinski definition) is 2. The third kappa shape index (κ3) is 1.70. The van der Waals surface area contributed by atoms with Crippen LogP contribution in [0, 0.1) is 12.7 Å². The van der Waals surface area contributed by atoms with Crippen molar-refractivity contribution in [2.45, 2.75) is 6.92 Å². The zero-order valence-electron chi connectivity index (χ0n) is 8.66. The molecule has 1 aromatic carbocycles. The third-order valence-corrected chi connectivity index (χ3v) is 2.27. The molecule has 0 unspecified atom stereocenters. The average molecular weight is 205 g/mol. The summed E-state index contributed by atoms with van der Waals surface area (Å²) in [6.07, 6.45) is 1.72. The highest BCUT2D eigenvalue weighted by Crippen LogP contribution is 2.27. The van der Waals surface area contributed by atoms with Gasteiger partial charge in [-0.3, -0.25) is 4.68 Å². The van der Waals surface area contributed by atoms with E-state index in [1.807, 2.05) is 6.92 Å². The molecule has 1 heterocycles. The predicted octanol–water partition coefficient (Wildman–Crippen LogP) is 2.12. The fourth-order valence-corrected chi connectivity index (χ4v) is 1.56. The fraction of sp³-hybridized carbons (Fsp3) is 0.182. The van der Waals surface area contributed by atoms with Crippen molar-refractivity contribution >= 4 is 5.82 Å². The molecule has 0 aliphatic heterocycles. The number of rotatable bonds is 1. The summed E-state index contributed by atoms with van der Waals surface area (Å²) >= 11 is 0. The first-order valence-corrected chi connectivity index (χ1v) is 4.63. The number of benzene rings is 1. The highest BCUT2D eigenvalue weighted by atomic mass is 19.1. The quantitative estimate of drug-likeness (QED) is 0.774. The standard InChI is InChI=1S/C11H12FN3/c1-7-3-4-10(12)8(5-7)9-6-15(2)14-11(9)13/h3-6H,1-2H3,(H2,13,14). The van der Waals surface area contributed by atoms with Crippen molar-refractivity contribution in [2.75, 3.05) is 5.73 Å². The molecule has 2 aromatic rings. The molecule has 0 atom stereocenters. The first-order valence-electron chi connectivity index (χ1n) is 4.63. The van der Waals surface area contributed by atoms with Gasteiger partial charge in [-0.25, -0.2) is 4.39 Å². The molecule has 0 radical (unpaired) electrons. The van der Waals surface area contributed by atoms with E-state index < -0.39 is 0 Å².